The SMILES string of the molecule is O=C1N[C@@H](CO)C(=O)N2CCOCC12. The van der Waals surface area contributed by atoms with E-state index in [0.29, 0.717) is 13.2 Å². The smallest absolute Gasteiger partial charge is 0.248 e. The maximum absolute atomic E-state index is 11.6. The van der Waals surface area contributed by atoms with Crippen molar-refractivity contribution >= 4 is 11.8 Å². The summed E-state index contributed by atoms with van der Waals surface area (Å²) in [6.45, 7) is 0.769. The number of ether oxygens (including phenoxy) is 1. The molecule has 78 valence electrons. The van der Waals surface area contributed by atoms with Gasteiger partial charge in [0.25, 0.3) is 0 Å². The fraction of sp³-hybridized carbons (Fsp3) is 0.750. The number of aliphatic hydroxyl groups excluding tert-OH is 1. The largest absolute Gasteiger partial charge is 0.394 e. The molecule has 14 heavy (non-hydrogen) atoms. The molecule has 0 aromatic rings. The minimum absolute atomic E-state index is 0.222. The van der Waals surface area contributed by atoms with Gasteiger partial charge in [0.05, 0.1) is 19.8 Å². The minimum atomic E-state index is -0.781. The van der Waals surface area contributed by atoms with E-state index in [-0.39, 0.29) is 25.0 Å². The Morgan fingerprint density at radius 2 is 2.36 bits per heavy atom. The molecule has 6 nitrogen and oxygen atoms in total. The number of morpholine rings is 1. The van der Waals surface area contributed by atoms with Crippen LogP contribution in [0.1, 0.15) is 0 Å². The molecule has 0 aliphatic carbocycles. The molecule has 2 aliphatic rings. The number of aliphatic hydroxyl groups is 1. The van der Waals surface area contributed by atoms with Gasteiger partial charge in [0.2, 0.25) is 11.8 Å². The summed E-state index contributed by atoms with van der Waals surface area (Å²) in [6.07, 6.45) is 0. The molecule has 0 bridgehead atoms. The van der Waals surface area contributed by atoms with Crippen LogP contribution >= 0.6 is 0 Å². The lowest BCUT2D eigenvalue weighted by Gasteiger charge is -2.40. The Hall–Kier alpha value is -1.14. The van der Waals surface area contributed by atoms with Gasteiger partial charge in [-0.1, -0.05) is 0 Å². The Morgan fingerprint density at radius 3 is 3.07 bits per heavy atom. The second kappa shape index (κ2) is 3.55. The molecular formula is C8H12N2O4. The highest BCUT2D eigenvalue weighted by atomic mass is 16.5. The van der Waals surface area contributed by atoms with Crippen molar-refractivity contribution in [3.8, 4) is 0 Å². The molecule has 0 saturated carbocycles. The van der Waals surface area contributed by atoms with Crippen LogP contribution in [0, 0.1) is 0 Å². The van der Waals surface area contributed by atoms with Crippen molar-refractivity contribution in [2.75, 3.05) is 26.4 Å². The topological polar surface area (TPSA) is 78.9 Å². The first kappa shape index (κ1) is 9.42. The van der Waals surface area contributed by atoms with E-state index in [1.807, 2.05) is 0 Å². The van der Waals surface area contributed by atoms with E-state index in [4.69, 9.17) is 9.84 Å². The van der Waals surface area contributed by atoms with Gasteiger partial charge in [-0.2, -0.15) is 0 Å². The number of hydrogen-bond donors (Lipinski definition) is 2. The normalized spacial score (nSPS) is 32.5. The van der Waals surface area contributed by atoms with Crippen LogP contribution in [0.2, 0.25) is 0 Å². The highest BCUT2D eigenvalue weighted by Crippen LogP contribution is 2.13. The third kappa shape index (κ3) is 1.36. The van der Waals surface area contributed by atoms with E-state index in [2.05, 4.69) is 5.32 Å². The first-order valence-electron chi connectivity index (χ1n) is 4.53. The zero-order valence-electron chi connectivity index (χ0n) is 7.60. The number of rotatable bonds is 1. The number of carbonyl (C=O) groups excluding carboxylic acids is 2. The summed E-state index contributed by atoms with van der Waals surface area (Å²) < 4.78 is 5.11. The molecule has 2 heterocycles. The van der Waals surface area contributed by atoms with Gasteiger partial charge in [0, 0.05) is 6.54 Å². The standard InChI is InChI=1S/C8H12N2O4/c11-3-5-8(13)10-1-2-14-4-6(10)7(12)9-5/h5-6,11H,1-4H2,(H,9,12)/t5-,6?/m0/s1. The highest BCUT2D eigenvalue weighted by Gasteiger charge is 2.41. The van der Waals surface area contributed by atoms with Gasteiger partial charge in [-0.25, -0.2) is 0 Å². The molecule has 0 aromatic carbocycles. The zero-order valence-corrected chi connectivity index (χ0v) is 7.60. The number of nitrogens with zero attached hydrogens (tertiary/aromatic N) is 1. The van der Waals surface area contributed by atoms with Crippen molar-refractivity contribution in [2.24, 2.45) is 0 Å². The molecule has 2 atom stereocenters. The summed E-state index contributed by atoms with van der Waals surface area (Å²) >= 11 is 0. The molecule has 2 amide bonds. The van der Waals surface area contributed by atoms with Gasteiger partial charge >= 0.3 is 0 Å². The number of piperazine rings is 1. The number of hydrogen-bond acceptors (Lipinski definition) is 4. The maximum atomic E-state index is 11.6. The first-order chi connectivity index (χ1) is 6.74. The van der Waals surface area contributed by atoms with Gasteiger partial charge in [0.15, 0.2) is 0 Å². The summed E-state index contributed by atoms with van der Waals surface area (Å²) in [5, 5.41) is 11.3. The summed E-state index contributed by atoms with van der Waals surface area (Å²) in [7, 11) is 0. The van der Waals surface area contributed by atoms with Gasteiger partial charge in [-0.3, -0.25) is 9.59 Å². The zero-order chi connectivity index (χ0) is 10.1. The lowest BCUT2D eigenvalue weighted by molar-refractivity contribution is -0.158. The molecule has 6 heteroatoms. The van der Waals surface area contributed by atoms with E-state index >= 15 is 0 Å². The summed E-state index contributed by atoms with van der Waals surface area (Å²) in [6, 6.07) is -1.30. The molecule has 0 aromatic heterocycles. The number of carbonyl (C=O) groups is 2. The van der Waals surface area contributed by atoms with Gasteiger partial charge in [-0.05, 0) is 0 Å². The Bertz CT molecular complexity index is 268. The van der Waals surface area contributed by atoms with Gasteiger partial charge < -0.3 is 20.1 Å². The number of fused-ring (bicyclic) bond motifs is 1. The Kier molecular flexibility index (Phi) is 2.39. The average Bonchev–Trinajstić information content (AvgIpc) is 2.23. The van der Waals surface area contributed by atoms with E-state index in [9.17, 15) is 9.59 Å². The molecule has 1 unspecified atom stereocenters. The Labute approximate surface area is 80.8 Å². The van der Waals surface area contributed by atoms with Crippen molar-refractivity contribution < 1.29 is 19.4 Å². The quantitative estimate of drug-likeness (QED) is 0.499. The summed E-state index contributed by atoms with van der Waals surface area (Å²) in [5.74, 6) is -0.469. The first-order valence-corrected chi connectivity index (χ1v) is 4.53. The fourth-order valence-electron chi connectivity index (χ4n) is 1.74. The Balaban J connectivity index is 2.17. The van der Waals surface area contributed by atoms with Crippen molar-refractivity contribution in [1.29, 1.82) is 0 Å². The second-order valence-corrected chi connectivity index (χ2v) is 3.37. The third-order valence-corrected chi connectivity index (χ3v) is 2.51. The summed E-state index contributed by atoms with van der Waals surface area (Å²) in [5.41, 5.74) is 0. The van der Waals surface area contributed by atoms with Crippen LogP contribution in [0.5, 0.6) is 0 Å². The van der Waals surface area contributed by atoms with Crippen molar-refractivity contribution in [3.63, 3.8) is 0 Å². The summed E-state index contributed by atoms with van der Waals surface area (Å²) in [4.78, 5) is 24.6. The van der Waals surface area contributed by atoms with E-state index < -0.39 is 12.1 Å². The number of nitrogens with one attached hydrogen (secondary N) is 1. The van der Waals surface area contributed by atoms with Gasteiger partial charge in [-0.15, -0.1) is 0 Å². The van der Waals surface area contributed by atoms with Crippen LogP contribution in [0.15, 0.2) is 0 Å². The van der Waals surface area contributed by atoms with Crippen molar-refractivity contribution in [1.82, 2.24) is 10.2 Å². The predicted molar refractivity (Wildman–Crippen MR) is 45.3 cm³/mol. The Morgan fingerprint density at radius 1 is 1.57 bits per heavy atom. The van der Waals surface area contributed by atoms with Crippen LogP contribution in [-0.4, -0.2) is 60.3 Å². The maximum Gasteiger partial charge on any atom is 0.248 e. The molecule has 2 rings (SSSR count). The molecule has 2 N–H and O–H groups in total. The van der Waals surface area contributed by atoms with Crippen molar-refractivity contribution in [2.45, 2.75) is 12.1 Å². The minimum Gasteiger partial charge on any atom is -0.394 e. The molecular weight excluding hydrogens is 188 g/mol. The predicted octanol–water partition coefficient (Wildman–Crippen LogP) is -2.30. The second-order valence-electron chi connectivity index (χ2n) is 3.37. The van der Waals surface area contributed by atoms with Gasteiger partial charge in [0.1, 0.15) is 12.1 Å². The van der Waals surface area contributed by atoms with Crippen LogP contribution < -0.4 is 5.32 Å². The highest BCUT2D eigenvalue weighted by molar-refractivity contribution is 5.97. The molecule has 0 radical (unpaired) electrons. The lowest BCUT2D eigenvalue weighted by Crippen LogP contribution is -2.67. The molecule has 2 aliphatic heterocycles. The third-order valence-electron chi connectivity index (χ3n) is 2.51. The van der Waals surface area contributed by atoms with E-state index in [0.717, 1.165) is 0 Å². The fourth-order valence-corrected chi connectivity index (χ4v) is 1.74. The monoisotopic (exact) mass is 200 g/mol. The van der Waals surface area contributed by atoms with E-state index in [1.165, 1.54) is 4.90 Å². The van der Waals surface area contributed by atoms with Crippen LogP contribution in [-0.2, 0) is 14.3 Å². The van der Waals surface area contributed by atoms with Crippen LogP contribution in [0.25, 0.3) is 0 Å². The van der Waals surface area contributed by atoms with E-state index in [1.54, 1.807) is 0 Å². The average molecular weight is 200 g/mol. The lowest BCUT2D eigenvalue weighted by atomic mass is 10.1. The molecule has 2 fully saturated rings. The molecule has 2 saturated heterocycles. The number of amides is 2. The molecule has 0 spiro atoms. The van der Waals surface area contributed by atoms with Crippen molar-refractivity contribution in [3.05, 3.63) is 0 Å². The van der Waals surface area contributed by atoms with Crippen LogP contribution in [0.3, 0.4) is 0 Å². The van der Waals surface area contributed by atoms with Crippen LogP contribution in [0.4, 0.5) is 0 Å².